The predicted octanol–water partition coefficient (Wildman–Crippen LogP) is 2.28. The lowest BCUT2D eigenvalue weighted by atomic mass is 10.1. The second-order valence-corrected chi connectivity index (χ2v) is 6.81. The predicted molar refractivity (Wildman–Crippen MR) is 91.1 cm³/mol. The summed E-state index contributed by atoms with van der Waals surface area (Å²) in [7, 11) is 0. The molecule has 1 unspecified atom stereocenters. The molecule has 0 saturated heterocycles. The molecule has 1 atom stereocenters. The Labute approximate surface area is 141 Å². The molecule has 0 aliphatic heterocycles. The maximum atomic E-state index is 12.3. The summed E-state index contributed by atoms with van der Waals surface area (Å²) in [5.41, 5.74) is 0.908. The van der Waals surface area contributed by atoms with Gasteiger partial charge in [0.1, 0.15) is 5.82 Å². The SMILES string of the molecule is CC(C)CC(O)CNC(=O)c1nc(C2CC2)n(-c2ccccc2)n1. The summed E-state index contributed by atoms with van der Waals surface area (Å²) in [4.78, 5) is 16.8. The van der Waals surface area contributed by atoms with Gasteiger partial charge in [0.2, 0.25) is 5.82 Å². The third-order valence-corrected chi connectivity index (χ3v) is 4.02. The number of amides is 1. The van der Waals surface area contributed by atoms with Crippen LogP contribution in [0.2, 0.25) is 0 Å². The first-order chi connectivity index (χ1) is 11.5. The molecule has 1 aromatic carbocycles. The summed E-state index contributed by atoms with van der Waals surface area (Å²) in [5, 5.41) is 17.0. The number of aromatic nitrogens is 3. The first-order valence-electron chi connectivity index (χ1n) is 8.53. The standard InChI is InChI=1S/C18H24N4O2/c1-12(2)10-15(23)11-19-18(24)16-20-17(13-8-9-13)22(21-16)14-6-4-3-5-7-14/h3-7,12-13,15,23H,8-11H2,1-2H3,(H,19,24). The summed E-state index contributed by atoms with van der Waals surface area (Å²) in [6.45, 7) is 4.29. The van der Waals surface area contributed by atoms with E-state index < -0.39 is 6.10 Å². The van der Waals surface area contributed by atoms with Crippen molar-refractivity contribution in [1.82, 2.24) is 20.1 Å². The van der Waals surface area contributed by atoms with Gasteiger partial charge >= 0.3 is 0 Å². The van der Waals surface area contributed by atoms with Gasteiger partial charge in [-0.25, -0.2) is 9.67 Å². The normalized spacial score (nSPS) is 15.5. The third kappa shape index (κ3) is 4.00. The van der Waals surface area contributed by atoms with Gasteiger partial charge < -0.3 is 10.4 Å². The number of aliphatic hydroxyl groups excluding tert-OH is 1. The van der Waals surface area contributed by atoms with E-state index in [9.17, 15) is 9.90 Å². The van der Waals surface area contributed by atoms with E-state index in [-0.39, 0.29) is 18.3 Å². The second kappa shape index (κ2) is 7.13. The third-order valence-electron chi connectivity index (χ3n) is 4.02. The molecule has 0 radical (unpaired) electrons. The van der Waals surface area contributed by atoms with Crippen LogP contribution in [0, 0.1) is 5.92 Å². The van der Waals surface area contributed by atoms with Crippen molar-refractivity contribution < 1.29 is 9.90 Å². The fraction of sp³-hybridized carbons (Fsp3) is 0.500. The smallest absolute Gasteiger partial charge is 0.291 e. The van der Waals surface area contributed by atoms with Gasteiger partial charge in [0.05, 0.1) is 11.8 Å². The van der Waals surface area contributed by atoms with Gasteiger partial charge in [0.25, 0.3) is 5.91 Å². The van der Waals surface area contributed by atoms with Crippen molar-refractivity contribution in [3.05, 3.63) is 42.0 Å². The molecule has 1 amide bonds. The number of benzene rings is 1. The van der Waals surface area contributed by atoms with Crippen LogP contribution in [-0.2, 0) is 0 Å². The van der Waals surface area contributed by atoms with Crippen LogP contribution in [0.5, 0.6) is 0 Å². The topological polar surface area (TPSA) is 80.0 Å². The van der Waals surface area contributed by atoms with Gasteiger partial charge in [0.15, 0.2) is 0 Å². The number of hydrogen-bond donors (Lipinski definition) is 2. The van der Waals surface area contributed by atoms with E-state index in [1.54, 1.807) is 4.68 Å². The van der Waals surface area contributed by atoms with E-state index in [4.69, 9.17) is 0 Å². The van der Waals surface area contributed by atoms with E-state index in [1.165, 1.54) is 0 Å². The van der Waals surface area contributed by atoms with Crippen LogP contribution in [-0.4, -0.2) is 38.4 Å². The Kier molecular flexibility index (Phi) is 4.94. The summed E-state index contributed by atoms with van der Waals surface area (Å²) < 4.78 is 1.76. The number of nitrogens with zero attached hydrogens (tertiary/aromatic N) is 3. The Bertz CT molecular complexity index is 692. The Morgan fingerprint density at radius 3 is 2.67 bits per heavy atom. The van der Waals surface area contributed by atoms with Gasteiger partial charge in [0, 0.05) is 12.5 Å². The summed E-state index contributed by atoms with van der Waals surface area (Å²) >= 11 is 0. The number of aliphatic hydroxyl groups is 1. The molecular formula is C18H24N4O2. The zero-order chi connectivity index (χ0) is 17.1. The molecule has 128 valence electrons. The van der Waals surface area contributed by atoms with Crippen molar-refractivity contribution in [2.45, 2.75) is 45.1 Å². The Morgan fingerprint density at radius 2 is 2.04 bits per heavy atom. The van der Waals surface area contributed by atoms with Gasteiger partial charge in [-0.05, 0) is 37.3 Å². The van der Waals surface area contributed by atoms with Crippen molar-refractivity contribution in [3.63, 3.8) is 0 Å². The number of hydrogen-bond acceptors (Lipinski definition) is 4. The summed E-state index contributed by atoms with van der Waals surface area (Å²) in [6.07, 6.45) is 2.27. The minimum absolute atomic E-state index is 0.164. The number of para-hydroxylation sites is 1. The molecule has 1 heterocycles. The number of carbonyl (C=O) groups excluding carboxylic acids is 1. The molecule has 6 heteroatoms. The molecule has 1 aromatic heterocycles. The van der Waals surface area contributed by atoms with E-state index in [2.05, 4.69) is 15.4 Å². The first-order valence-corrected chi connectivity index (χ1v) is 8.53. The van der Waals surface area contributed by atoms with Crippen molar-refractivity contribution in [2.24, 2.45) is 5.92 Å². The van der Waals surface area contributed by atoms with Gasteiger partial charge in [-0.2, -0.15) is 0 Å². The minimum atomic E-state index is -0.548. The highest BCUT2D eigenvalue weighted by molar-refractivity contribution is 5.90. The highest BCUT2D eigenvalue weighted by Gasteiger charge is 2.31. The quantitative estimate of drug-likeness (QED) is 0.817. The van der Waals surface area contributed by atoms with Gasteiger partial charge in [-0.1, -0.05) is 32.0 Å². The van der Waals surface area contributed by atoms with Crippen LogP contribution in [0.15, 0.2) is 30.3 Å². The molecular weight excluding hydrogens is 304 g/mol. The maximum absolute atomic E-state index is 12.3. The van der Waals surface area contributed by atoms with Crippen molar-refractivity contribution >= 4 is 5.91 Å². The van der Waals surface area contributed by atoms with Gasteiger partial charge in [-0.15, -0.1) is 5.10 Å². The van der Waals surface area contributed by atoms with E-state index >= 15 is 0 Å². The first kappa shape index (κ1) is 16.6. The highest BCUT2D eigenvalue weighted by atomic mass is 16.3. The monoisotopic (exact) mass is 328 g/mol. The lowest BCUT2D eigenvalue weighted by Gasteiger charge is -2.12. The molecule has 2 aromatic rings. The lowest BCUT2D eigenvalue weighted by molar-refractivity contribution is 0.0890. The maximum Gasteiger partial charge on any atom is 0.291 e. The Morgan fingerprint density at radius 1 is 1.33 bits per heavy atom. The number of nitrogens with one attached hydrogen (secondary N) is 1. The average molecular weight is 328 g/mol. The Hall–Kier alpha value is -2.21. The number of carbonyl (C=O) groups is 1. The molecule has 24 heavy (non-hydrogen) atoms. The van der Waals surface area contributed by atoms with Crippen LogP contribution in [0.1, 0.15) is 55.5 Å². The molecule has 0 bridgehead atoms. The fourth-order valence-corrected chi connectivity index (χ4v) is 2.70. The van der Waals surface area contributed by atoms with E-state index in [0.717, 1.165) is 24.4 Å². The zero-order valence-corrected chi connectivity index (χ0v) is 14.1. The molecule has 1 fully saturated rings. The van der Waals surface area contributed by atoms with Crippen molar-refractivity contribution in [1.29, 1.82) is 0 Å². The van der Waals surface area contributed by atoms with Crippen LogP contribution in [0.4, 0.5) is 0 Å². The average Bonchev–Trinajstić information content (AvgIpc) is 3.31. The van der Waals surface area contributed by atoms with Crippen LogP contribution >= 0.6 is 0 Å². The van der Waals surface area contributed by atoms with Gasteiger partial charge in [-0.3, -0.25) is 4.79 Å². The highest BCUT2D eigenvalue weighted by Crippen LogP contribution is 2.39. The fourth-order valence-electron chi connectivity index (χ4n) is 2.70. The number of rotatable bonds is 7. The van der Waals surface area contributed by atoms with Crippen molar-refractivity contribution in [3.8, 4) is 5.69 Å². The van der Waals surface area contributed by atoms with Crippen molar-refractivity contribution in [2.75, 3.05) is 6.54 Å². The van der Waals surface area contributed by atoms with E-state index in [0.29, 0.717) is 18.3 Å². The van der Waals surface area contributed by atoms with Crippen LogP contribution in [0.25, 0.3) is 5.69 Å². The summed E-state index contributed by atoms with van der Waals surface area (Å²) in [6, 6.07) is 9.73. The second-order valence-electron chi connectivity index (χ2n) is 6.81. The molecule has 1 aliphatic carbocycles. The zero-order valence-electron chi connectivity index (χ0n) is 14.1. The molecule has 1 saturated carbocycles. The van der Waals surface area contributed by atoms with Crippen LogP contribution in [0.3, 0.4) is 0 Å². The molecule has 2 N–H and O–H groups in total. The molecule has 1 aliphatic rings. The molecule has 3 rings (SSSR count). The Balaban J connectivity index is 1.73. The lowest BCUT2D eigenvalue weighted by Crippen LogP contribution is -2.33. The largest absolute Gasteiger partial charge is 0.391 e. The summed E-state index contributed by atoms with van der Waals surface area (Å²) in [5.74, 6) is 1.43. The molecule has 6 nitrogen and oxygen atoms in total. The van der Waals surface area contributed by atoms with E-state index in [1.807, 2.05) is 44.2 Å². The minimum Gasteiger partial charge on any atom is -0.391 e. The molecule has 0 spiro atoms. The van der Waals surface area contributed by atoms with Crippen LogP contribution < -0.4 is 5.32 Å².